The fourth-order valence-electron chi connectivity index (χ4n) is 3.92. The van der Waals surface area contributed by atoms with Crippen LogP contribution in [-0.2, 0) is 20.9 Å². The molecule has 23 heavy (non-hydrogen) atoms. The minimum atomic E-state index is 0.0498. The van der Waals surface area contributed by atoms with Crippen molar-refractivity contribution in [2.75, 3.05) is 26.2 Å². The van der Waals surface area contributed by atoms with E-state index >= 15 is 0 Å². The zero-order valence-corrected chi connectivity index (χ0v) is 13.4. The van der Waals surface area contributed by atoms with Crippen molar-refractivity contribution in [1.82, 2.24) is 9.96 Å². The highest BCUT2D eigenvalue weighted by molar-refractivity contribution is 5.75. The Hall–Kier alpha value is -1.37. The summed E-state index contributed by atoms with van der Waals surface area (Å²) in [5.41, 5.74) is 0. The number of ether oxygens (including phenoxy) is 1. The molecule has 1 aromatic rings. The molecule has 3 saturated heterocycles. The number of hydroxylamine groups is 2. The highest BCUT2D eigenvalue weighted by Gasteiger charge is 2.42. The molecule has 0 bridgehead atoms. The first-order valence-electron chi connectivity index (χ1n) is 8.61. The minimum absolute atomic E-state index is 0.0498. The lowest BCUT2D eigenvalue weighted by Gasteiger charge is -2.27. The third-order valence-electron chi connectivity index (χ3n) is 5.03. The smallest absolute Gasteiger partial charge is 0.248 e. The van der Waals surface area contributed by atoms with Crippen molar-refractivity contribution in [2.24, 2.45) is 5.92 Å². The van der Waals surface area contributed by atoms with Gasteiger partial charge < -0.3 is 9.15 Å². The Kier molecular flexibility index (Phi) is 4.37. The summed E-state index contributed by atoms with van der Waals surface area (Å²) in [5, 5.41) is 1.53. The molecule has 3 aliphatic rings. The average Bonchev–Trinajstić information content (AvgIpc) is 3.25. The van der Waals surface area contributed by atoms with E-state index in [9.17, 15) is 4.79 Å². The van der Waals surface area contributed by atoms with Crippen LogP contribution in [0.4, 0.5) is 0 Å². The lowest BCUT2D eigenvalue weighted by atomic mass is 10.0. The second kappa shape index (κ2) is 6.63. The monoisotopic (exact) mass is 320 g/mol. The molecule has 3 aliphatic heterocycles. The molecule has 0 unspecified atom stereocenters. The quantitative estimate of drug-likeness (QED) is 0.847. The summed E-state index contributed by atoms with van der Waals surface area (Å²) in [6.45, 7) is 4.17. The molecule has 0 N–H and O–H groups in total. The summed E-state index contributed by atoms with van der Waals surface area (Å²) in [6, 6.07) is 3.93. The predicted octanol–water partition coefficient (Wildman–Crippen LogP) is 1.81. The maximum atomic E-state index is 12.2. The molecule has 0 radical (unpaired) electrons. The Balaban J connectivity index is 1.24. The average molecular weight is 320 g/mol. The molecule has 6 nitrogen and oxygen atoms in total. The summed E-state index contributed by atoms with van der Waals surface area (Å²) in [7, 11) is 0. The van der Waals surface area contributed by atoms with Gasteiger partial charge in [-0.3, -0.25) is 14.5 Å². The number of carbonyl (C=O) groups is 1. The van der Waals surface area contributed by atoms with E-state index < -0.39 is 0 Å². The van der Waals surface area contributed by atoms with E-state index in [2.05, 4.69) is 4.90 Å². The van der Waals surface area contributed by atoms with Gasteiger partial charge in [0, 0.05) is 25.6 Å². The number of amides is 1. The molecule has 4 rings (SSSR count). The number of rotatable bonds is 4. The van der Waals surface area contributed by atoms with Gasteiger partial charge in [0.05, 0.1) is 38.0 Å². The Bertz CT molecular complexity index is 513. The van der Waals surface area contributed by atoms with Gasteiger partial charge in [0.25, 0.3) is 0 Å². The largest absolute Gasteiger partial charge is 0.468 e. The van der Waals surface area contributed by atoms with E-state index in [-0.39, 0.29) is 18.1 Å². The van der Waals surface area contributed by atoms with Crippen molar-refractivity contribution in [3.63, 3.8) is 0 Å². The van der Waals surface area contributed by atoms with Crippen LogP contribution >= 0.6 is 0 Å². The van der Waals surface area contributed by atoms with Gasteiger partial charge in [-0.25, -0.2) is 5.06 Å². The van der Waals surface area contributed by atoms with Gasteiger partial charge in [-0.15, -0.1) is 0 Å². The van der Waals surface area contributed by atoms with E-state index in [0.29, 0.717) is 18.9 Å². The van der Waals surface area contributed by atoms with Gasteiger partial charge in [0.15, 0.2) is 0 Å². The number of carbonyl (C=O) groups excluding carboxylic acids is 1. The highest BCUT2D eigenvalue weighted by Crippen LogP contribution is 2.35. The zero-order valence-electron chi connectivity index (χ0n) is 13.4. The standard InChI is InChI=1S/C17H24N2O4/c20-17(19-5-1-2-7-22-19)9-15-8-13-10-18(12-16(13)23-15)11-14-4-3-6-21-14/h3-4,6,13,15-16H,1-2,5,7-12H2/t13-,15+,16+/m0/s1. The van der Waals surface area contributed by atoms with Gasteiger partial charge in [-0.2, -0.15) is 0 Å². The lowest BCUT2D eigenvalue weighted by Crippen LogP contribution is -2.37. The molecule has 0 aromatic carbocycles. The molecule has 4 heterocycles. The van der Waals surface area contributed by atoms with Crippen LogP contribution in [0.1, 0.15) is 31.4 Å². The molecule has 0 aliphatic carbocycles. The molecule has 126 valence electrons. The van der Waals surface area contributed by atoms with Crippen molar-refractivity contribution in [1.29, 1.82) is 0 Å². The normalized spacial score (nSPS) is 31.5. The molecule has 3 fully saturated rings. The van der Waals surface area contributed by atoms with Crippen molar-refractivity contribution in [3.05, 3.63) is 24.2 Å². The van der Waals surface area contributed by atoms with E-state index in [4.69, 9.17) is 14.0 Å². The topological polar surface area (TPSA) is 55.2 Å². The number of nitrogens with zero attached hydrogens (tertiary/aromatic N) is 2. The number of fused-ring (bicyclic) bond motifs is 1. The number of likely N-dealkylation sites (tertiary alicyclic amines) is 1. The second-order valence-electron chi connectivity index (χ2n) is 6.81. The van der Waals surface area contributed by atoms with Crippen molar-refractivity contribution in [2.45, 2.75) is 44.4 Å². The first-order valence-corrected chi connectivity index (χ1v) is 8.61. The Morgan fingerprint density at radius 3 is 3.00 bits per heavy atom. The predicted molar refractivity (Wildman–Crippen MR) is 82.3 cm³/mol. The van der Waals surface area contributed by atoms with E-state index in [1.54, 1.807) is 6.26 Å². The van der Waals surface area contributed by atoms with Crippen LogP contribution in [0.25, 0.3) is 0 Å². The number of furan rings is 1. The SMILES string of the molecule is O=C(C[C@H]1C[C@H]2CN(Cc3ccco3)C[C@H]2O1)N1CCCCO1. The minimum Gasteiger partial charge on any atom is -0.468 e. The fraction of sp³-hybridized carbons (Fsp3) is 0.706. The van der Waals surface area contributed by atoms with Gasteiger partial charge in [0.2, 0.25) is 5.91 Å². The van der Waals surface area contributed by atoms with Gasteiger partial charge in [-0.1, -0.05) is 0 Å². The summed E-state index contributed by atoms with van der Waals surface area (Å²) >= 11 is 0. The highest BCUT2D eigenvalue weighted by atomic mass is 16.7. The van der Waals surface area contributed by atoms with E-state index in [1.807, 2.05) is 12.1 Å². The van der Waals surface area contributed by atoms with Gasteiger partial charge in [-0.05, 0) is 31.4 Å². The first kappa shape index (κ1) is 15.2. The third-order valence-corrected chi connectivity index (χ3v) is 5.03. The van der Waals surface area contributed by atoms with Gasteiger partial charge in [0.1, 0.15) is 5.76 Å². The van der Waals surface area contributed by atoms with Crippen LogP contribution in [-0.4, -0.2) is 54.3 Å². The molecule has 3 atom stereocenters. The number of hydrogen-bond acceptors (Lipinski definition) is 5. The molecular weight excluding hydrogens is 296 g/mol. The van der Waals surface area contributed by atoms with Crippen LogP contribution in [0, 0.1) is 5.92 Å². The van der Waals surface area contributed by atoms with Crippen molar-refractivity contribution >= 4 is 5.91 Å². The fourth-order valence-corrected chi connectivity index (χ4v) is 3.92. The molecule has 0 saturated carbocycles. The Labute approximate surface area is 136 Å². The second-order valence-corrected chi connectivity index (χ2v) is 6.81. The van der Waals surface area contributed by atoms with E-state index in [0.717, 1.165) is 51.2 Å². The van der Waals surface area contributed by atoms with Crippen LogP contribution < -0.4 is 0 Å². The number of hydrogen-bond donors (Lipinski definition) is 0. The van der Waals surface area contributed by atoms with Crippen molar-refractivity contribution in [3.8, 4) is 0 Å². The summed E-state index contributed by atoms with van der Waals surface area (Å²) in [6.07, 6.45) is 5.51. The first-order chi connectivity index (χ1) is 11.3. The molecule has 6 heteroatoms. The lowest BCUT2D eigenvalue weighted by molar-refractivity contribution is -0.199. The molecule has 1 amide bonds. The summed E-state index contributed by atoms with van der Waals surface area (Å²) < 4.78 is 11.5. The Morgan fingerprint density at radius 1 is 1.30 bits per heavy atom. The van der Waals surface area contributed by atoms with E-state index in [1.165, 1.54) is 5.06 Å². The van der Waals surface area contributed by atoms with Crippen molar-refractivity contribution < 1.29 is 18.8 Å². The van der Waals surface area contributed by atoms with Crippen LogP contribution in [0.2, 0.25) is 0 Å². The van der Waals surface area contributed by atoms with Crippen LogP contribution in [0.15, 0.2) is 22.8 Å². The van der Waals surface area contributed by atoms with Crippen LogP contribution in [0.3, 0.4) is 0 Å². The summed E-state index contributed by atoms with van der Waals surface area (Å²) in [5.74, 6) is 1.60. The molecular formula is C17H24N2O4. The van der Waals surface area contributed by atoms with Gasteiger partial charge >= 0.3 is 0 Å². The molecule has 1 aromatic heterocycles. The zero-order chi connectivity index (χ0) is 15.6. The maximum absolute atomic E-state index is 12.2. The maximum Gasteiger partial charge on any atom is 0.248 e. The summed E-state index contributed by atoms with van der Waals surface area (Å²) in [4.78, 5) is 20.1. The third kappa shape index (κ3) is 3.44. The molecule has 0 spiro atoms. The van der Waals surface area contributed by atoms with Crippen LogP contribution in [0.5, 0.6) is 0 Å². The Morgan fingerprint density at radius 2 is 2.26 bits per heavy atom.